The van der Waals surface area contributed by atoms with E-state index in [9.17, 15) is 9.90 Å². The van der Waals surface area contributed by atoms with E-state index in [-0.39, 0.29) is 5.97 Å². The van der Waals surface area contributed by atoms with Gasteiger partial charge in [-0.25, -0.2) is 0 Å². The lowest BCUT2D eigenvalue weighted by molar-refractivity contribution is -0.187. The third kappa shape index (κ3) is 1.47. The second-order valence-electron chi connectivity index (χ2n) is 4.77. The van der Waals surface area contributed by atoms with E-state index >= 15 is 0 Å². The van der Waals surface area contributed by atoms with Gasteiger partial charge in [0.25, 0.3) is 0 Å². The summed E-state index contributed by atoms with van der Waals surface area (Å²) in [4.78, 5) is 11.9. The fourth-order valence-electron chi connectivity index (χ4n) is 2.91. The van der Waals surface area contributed by atoms with Crippen molar-refractivity contribution in [2.24, 2.45) is 5.41 Å². The van der Waals surface area contributed by atoms with Gasteiger partial charge in [-0.3, -0.25) is 4.79 Å². The number of ether oxygens (including phenoxy) is 1. The standard InChI is InChI=1S/C11H19NO3/c1-15-9(13)10(5-3-2-4-6-10)11(14)7-12-8-11/h12,14H,2-8H2,1H3. The molecule has 1 heterocycles. The predicted octanol–water partition coefficient (Wildman–Crippen LogP) is 0.444. The van der Waals surface area contributed by atoms with E-state index in [0.717, 1.165) is 32.1 Å². The second-order valence-corrected chi connectivity index (χ2v) is 4.77. The maximum atomic E-state index is 11.9. The van der Waals surface area contributed by atoms with Gasteiger partial charge < -0.3 is 15.2 Å². The monoisotopic (exact) mass is 213 g/mol. The summed E-state index contributed by atoms with van der Waals surface area (Å²) < 4.78 is 4.89. The summed E-state index contributed by atoms with van der Waals surface area (Å²) in [5, 5.41) is 13.5. The summed E-state index contributed by atoms with van der Waals surface area (Å²) in [6, 6.07) is 0. The lowest BCUT2D eigenvalue weighted by atomic mass is 9.61. The van der Waals surface area contributed by atoms with Crippen LogP contribution in [0.5, 0.6) is 0 Å². The molecule has 0 bridgehead atoms. The molecule has 0 unspecified atom stereocenters. The maximum absolute atomic E-state index is 11.9. The molecule has 2 aliphatic rings. The van der Waals surface area contributed by atoms with Gasteiger partial charge in [-0.1, -0.05) is 19.3 Å². The number of β-amino-alcohol motifs (C(OH)–C–C–N with tert-alkyl or cyclic N) is 1. The fourth-order valence-corrected chi connectivity index (χ4v) is 2.91. The van der Waals surface area contributed by atoms with Gasteiger partial charge in [-0.05, 0) is 12.8 Å². The zero-order chi connectivity index (χ0) is 10.9. The summed E-state index contributed by atoms with van der Waals surface area (Å²) in [5.41, 5.74) is -1.52. The predicted molar refractivity (Wildman–Crippen MR) is 55.4 cm³/mol. The smallest absolute Gasteiger partial charge is 0.314 e. The molecular formula is C11H19NO3. The molecular weight excluding hydrogens is 194 g/mol. The molecule has 2 rings (SSSR count). The lowest BCUT2D eigenvalue weighted by Gasteiger charge is -2.52. The highest BCUT2D eigenvalue weighted by Gasteiger charge is 2.59. The van der Waals surface area contributed by atoms with Gasteiger partial charge in [0.05, 0.1) is 12.5 Å². The number of carbonyl (C=O) groups is 1. The van der Waals surface area contributed by atoms with Gasteiger partial charge in [-0.15, -0.1) is 0 Å². The number of hydrogen-bond donors (Lipinski definition) is 2. The van der Waals surface area contributed by atoms with Crippen molar-refractivity contribution in [3.63, 3.8) is 0 Å². The molecule has 4 nitrogen and oxygen atoms in total. The minimum absolute atomic E-state index is 0.230. The first kappa shape index (κ1) is 10.9. The molecule has 1 saturated carbocycles. The van der Waals surface area contributed by atoms with Crippen LogP contribution in [0, 0.1) is 5.41 Å². The third-order valence-corrected chi connectivity index (χ3v) is 4.01. The Morgan fingerprint density at radius 3 is 2.27 bits per heavy atom. The summed E-state index contributed by atoms with van der Waals surface area (Å²) >= 11 is 0. The van der Waals surface area contributed by atoms with Crippen LogP contribution in [0.1, 0.15) is 32.1 Å². The fraction of sp³-hybridized carbons (Fsp3) is 0.909. The van der Waals surface area contributed by atoms with Crippen molar-refractivity contribution in [1.29, 1.82) is 0 Å². The van der Waals surface area contributed by atoms with Crippen molar-refractivity contribution >= 4 is 5.97 Å². The van der Waals surface area contributed by atoms with E-state index in [1.807, 2.05) is 0 Å². The molecule has 1 saturated heterocycles. The molecule has 0 amide bonds. The first-order valence-corrected chi connectivity index (χ1v) is 5.66. The number of methoxy groups -OCH3 is 1. The Morgan fingerprint density at radius 2 is 1.87 bits per heavy atom. The summed E-state index contributed by atoms with van der Waals surface area (Å²) in [6.07, 6.45) is 4.70. The molecule has 0 aromatic heterocycles. The Balaban J connectivity index is 2.25. The van der Waals surface area contributed by atoms with Gasteiger partial charge >= 0.3 is 5.97 Å². The van der Waals surface area contributed by atoms with Crippen LogP contribution in [-0.2, 0) is 9.53 Å². The molecule has 2 N–H and O–H groups in total. The van der Waals surface area contributed by atoms with Crippen LogP contribution in [0.25, 0.3) is 0 Å². The molecule has 0 aromatic carbocycles. The lowest BCUT2D eigenvalue weighted by Crippen LogP contribution is -2.71. The average molecular weight is 213 g/mol. The Kier molecular flexibility index (Phi) is 2.73. The van der Waals surface area contributed by atoms with Gasteiger partial charge in [0.1, 0.15) is 5.60 Å². The van der Waals surface area contributed by atoms with E-state index in [2.05, 4.69) is 5.32 Å². The molecule has 0 atom stereocenters. The van der Waals surface area contributed by atoms with Gasteiger partial charge in [0.2, 0.25) is 0 Å². The summed E-state index contributed by atoms with van der Waals surface area (Å²) in [7, 11) is 1.41. The first-order chi connectivity index (χ1) is 7.15. The molecule has 0 spiro atoms. The summed E-state index contributed by atoms with van der Waals surface area (Å²) in [5.74, 6) is -0.230. The Labute approximate surface area is 90.0 Å². The Morgan fingerprint density at radius 1 is 1.27 bits per heavy atom. The van der Waals surface area contributed by atoms with Crippen molar-refractivity contribution in [2.75, 3.05) is 20.2 Å². The van der Waals surface area contributed by atoms with E-state index < -0.39 is 11.0 Å². The molecule has 86 valence electrons. The zero-order valence-corrected chi connectivity index (χ0v) is 9.21. The minimum Gasteiger partial charge on any atom is -0.469 e. The van der Waals surface area contributed by atoms with Crippen LogP contribution in [0.2, 0.25) is 0 Å². The highest BCUT2D eigenvalue weighted by atomic mass is 16.5. The average Bonchev–Trinajstić information content (AvgIpc) is 2.25. The van der Waals surface area contributed by atoms with Gasteiger partial charge in [0, 0.05) is 13.1 Å². The normalized spacial score (nSPS) is 27.9. The van der Waals surface area contributed by atoms with E-state index in [0.29, 0.717) is 13.1 Å². The first-order valence-electron chi connectivity index (χ1n) is 5.66. The molecule has 2 fully saturated rings. The summed E-state index contributed by atoms with van der Waals surface area (Å²) in [6.45, 7) is 1.03. The van der Waals surface area contributed by atoms with Crippen LogP contribution in [-0.4, -0.2) is 36.9 Å². The van der Waals surface area contributed by atoms with Crippen LogP contribution >= 0.6 is 0 Å². The Bertz CT molecular complexity index is 255. The van der Waals surface area contributed by atoms with Crippen molar-refractivity contribution in [3.8, 4) is 0 Å². The largest absolute Gasteiger partial charge is 0.469 e. The van der Waals surface area contributed by atoms with Crippen LogP contribution < -0.4 is 5.32 Å². The molecule has 0 aromatic rings. The molecule has 4 heteroatoms. The van der Waals surface area contributed by atoms with Crippen molar-refractivity contribution in [3.05, 3.63) is 0 Å². The van der Waals surface area contributed by atoms with Crippen molar-refractivity contribution in [1.82, 2.24) is 5.32 Å². The zero-order valence-electron chi connectivity index (χ0n) is 9.21. The minimum atomic E-state index is -0.874. The quantitative estimate of drug-likeness (QED) is 0.654. The third-order valence-electron chi connectivity index (χ3n) is 4.01. The van der Waals surface area contributed by atoms with Crippen LogP contribution in [0.15, 0.2) is 0 Å². The van der Waals surface area contributed by atoms with Crippen molar-refractivity contribution < 1.29 is 14.6 Å². The Hall–Kier alpha value is -0.610. The van der Waals surface area contributed by atoms with E-state index in [4.69, 9.17) is 4.74 Å². The van der Waals surface area contributed by atoms with Gasteiger partial charge in [0.15, 0.2) is 0 Å². The molecule has 1 aliphatic carbocycles. The SMILES string of the molecule is COC(=O)C1(C2(O)CNC2)CCCCC1. The maximum Gasteiger partial charge on any atom is 0.314 e. The highest BCUT2D eigenvalue weighted by molar-refractivity contribution is 5.79. The number of hydrogen-bond acceptors (Lipinski definition) is 4. The molecule has 1 aliphatic heterocycles. The topological polar surface area (TPSA) is 58.6 Å². The number of carbonyl (C=O) groups excluding carboxylic acids is 1. The molecule has 0 radical (unpaired) electrons. The molecule has 15 heavy (non-hydrogen) atoms. The van der Waals surface area contributed by atoms with E-state index in [1.54, 1.807) is 0 Å². The second kappa shape index (κ2) is 3.76. The number of rotatable bonds is 2. The van der Waals surface area contributed by atoms with Crippen LogP contribution in [0.3, 0.4) is 0 Å². The van der Waals surface area contributed by atoms with E-state index in [1.165, 1.54) is 7.11 Å². The number of esters is 1. The van der Waals surface area contributed by atoms with Crippen molar-refractivity contribution in [2.45, 2.75) is 37.7 Å². The number of nitrogens with one attached hydrogen (secondary N) is 1. The highest BCUT2D eigenvalue weighted by Crippen LogP contribution is 2.47. The van der Waals surface area contributed by atoms with Crippen LogP contribution in [0.4, 0.5) is 0 Å². The number of aliphatic hydroxyl groups is 1. The van der Waals surface area contributed by atoms with Gasteiger partial charge in [-0.2, -0.15) is 0 Å².